The predicted octanol–water partition coefficient (Wildman–Crippen LogP) is 3.48. The second-order valence-electron chi connectivity index (χ2n) is 6.18. The third-order valence-electron chi connectivity index (χ3n) is 4.22. The van der Waals surface area contributed by atoms with Crippen LogP contribution in [0.4, 0.5) is 4.39 Å². The molecule has 0 radical (unpaired) electrons. The molecule has 7 heteroatoms. The minimum atomic E-state index is -0.272. The molecule has 5 nitrogen and oxygen atoms in total. The maximum Gasteiger partial charge on any atom is 0.275 e. The molecule has 0 fully saturated rings. The van der Waals surface area contributed by atoms with E-state index in [0.29, 0.717) is 17.2 Å². The van der Waals surface area contributed by atoms with Gasteiger partial charge in [0.15, 0.2) is 0 Å². The third kappa shape index (κ3) is 3.79. The van der Waals surface area contributed by atoms with Crippen LogP contribution in [0.3, 0.4) is 0 Å². The van der Waals surface area contributed by atoms with Crippen molar-refractivity contribution in [3.63, 3.8) is 0 Å². The Morgan fingerprint density at radius 1 is 1.11 bits per heavy atom. The molecule has 1 unspecified atom stereocenters. The zero-order valence-electron chi connectivity index (χ0n) is 14.6. The SMILES string of the molecule is Cc1nn2c(=O)cc(CNC(c3ccccc3)c3ccc(F)cc3)nc2s1. The van der Waals surface area contributed by atoms with Gasteiger partial charge in [-0.25, -0.2) is 9.37 Å². The summed E-state index contributed by atoms with van der Waals surface area (Å²) < 4.78 is 14.6. The number of benzene rings is 2. The molecule has 1 atom stereocenters. The highest BCUT2D eigenvalue weighted by Crippen LogP contribution is 2.22. The molecule has 2 aromatic carbocycles. The Balaban J connectivity index is 1.64. The number of fused-ring (bicyclic) bond motifs is 1. The standard InChI is InChI=1S/C20H17FN4OS/c1-13-24-25-18(26)11-17(23-20(25)27-13)12-22-19(14-5-3-2-4-6-14)15-7-9-16(21)10-8-15/h2-11,19,22H,12H2,1H3. The summed E-state index contributed by atoms with van der Waals surface area (Å²) in [6.45, 7) is 2.25. The number of hydrogen-bond acceptors (Lipinski definition) is 5. The third-order valence-corrected chi connectivity index (χ3v) is 5.05. The van der Waals surface area contributed by atoms with Crippen LogP contribution in [0.25, 0.3) is 4.96 Å². The van der Waals surface area contributed by atoms with E-state index in [4.69, 9.17) is 0 Å². The molecule has 27 heavy (non-hydrogen) atoms. The zero-order valence-corrected chi connectivity index (χ0v) is 15.4. The molecular weight excluding hydrogens is 363 g/mol. The van der Waals surface area contributed by atoms with Crippen LogP contribution in [0.1, 0.15) is 27.9 Å². The van der Waals surface area contributed by atoms with Crippen molar-refractivity contribution in [2.24, 2.45) is 0 Å². The summed E-state index contributed by atoms with van der Waals surface area (Å²) in [5.74, 6) is -0.272. The topological polar surface area (TPSA) is 59.3 Å². The number of halogens is 1. The van der Waals surface area contributed by atoms with Gasteiger partial charge in [0, 0.05) is 12.6 Å². The summed E-state index contributed by atoms with van der Waals surface area (Å²) in [6.07, 6.45) is 0. The van der Waals surface area contributed by atoms with E-state index in [-0.39, 0.29) is 17.4 Å². The molecule has 0 aliphatic carbocycles. The van der Waals surface area contributed by atoms with Gasteiger partial charge < -0.3 is 5.32 Å². The fourth-order valence-corrected chi connectivity index (χ4v) is 3.74. The molecule has 2 heterocycles. The summed E-state index contributed by atoms with van der Waals surface area (Å²) in [7, 11) is 0. The van der Waals surface area contributed by atoms with Crippen molar-refractivity contribution in [2.45, 2.75) is 19.5 Å². The lowest BCUT2D eigenvalue weighted by molar-refractivity contribution is 0.590. The van der Waals surface area contributed by atoms with Crippen LogP contribution in [-0.2, 0) is 6.54 Å². The second kappa shape index (κ2) is 7.38. The van der Waals surface area contributed by atoms with Gasteiger partial charge in [-0.3, -0.25) is 4.79 Å². The Labute approximate surface area is 159 Å². The van der Waals surface area contributed by atoms with Gasteiger partial charge in [-0.2, -0.15) is 9.61 Å². The molecule has 1 N–H and O–H groups in total. The monoisotopic (exact) mass is 380 g/mol. The molecule has 136 valence electrons. The Hall–Kier alpha value is -2.90. The first-order valence-electron chi connectivity index (χ1n) is 8.50. The zero-order chi connectivity index (χ0) is 18.8. The van der Waals surface area contributed by atoms with E-state index in [9.17, 15) is 9.18 Å². The molecule has 4 aromatic rings. The molecule has 0 spiro atoms. The summed E-state index contributed by atoms with van der Waals surface area (Å²) in [4.78, 5) is 17.3. The Kier molecular flexibility index (Phi) is 4.79. The normalized spacial score (nSPS) is 12.4. The van der Waals surface area contributed by atoms with E-state index in [1.165, 1.54) is 34.1 Å². The van der Waals surface area contributed by atoms with Gasteiger partial charge in [0.05, 0.1) is 11.7 Å². The first-order valence-corrected chi connectivity index (χ1v) is 9.32. The van der Waals surface area contributed by atoms with Gasteiger partial charge in [-0.15, -0.1) is 0 Å². The molecule has 0 aliphatic rings. The largest absolute Gasteiger partial charge is 0.301 e. The lowest BCUT2D eigenvalue weighted by Gasteiger charge is -2.19. The highest BCUT2D eigenvalue weighted by molar-refractivity contribution is 7.16. The highest BCUT2D eigenvalue weighted by atomic mass is 32.1. The Morgan fingerprint density at radius 3 is 2.56 bits per heavy atom. The van der Waals surface area contributed by atoms with Crippen LogP contribution in [-0.4, -0.2) is 14.6 Å². The smallest absolute Gasteiger partial charge is 0.275 e. The quantitative estimate of drug-likeness (QED) is 0.576. The van der Waals surface area contributed by atoms with Crippen molar-refractivity contribution in [3.8, 4) is 0 Å². The molecule has 0 aliphatic heterocycles. The van der Waals surface area contributed by atoms with Crippen LogP contribution in [0.5, 0.6) is 0 Å². The number of nitrogens with one attached hydrogen (secondary N) is 1. The van der Waals surface area contributed by atoms with E-state index < -0.39 is 0 Å². The van der Waals surface area contributed by atoms with Gasteiger partial charge in [-0.05, 0) is 30.2 Å². The van der Waals surface area contributed by atoms with Gasteiger partial charge in [0.2, 0.25) is 4.96 Å². The fourth-order valence-electron chi connectivity index (χ4n) is 2.98. The summed E-state index contributed by atoms with van der Waals surface area (Å²) >= 11 is 1.38. The lowest BCUT2D eigenvalue weighted by atomic mass is 9.98. The van der Waals surface area contributed by atoms with Crippen LogP contribution in [0.2, 0.25) is 0 Å². The summed E-state index contributed by atoms with van der Waals surface area (Å²) in [5.41, 5.74) is 2.44. The van der Waals surface area contributed by atoms with Crippen LogP contribution in [0.15, 0.2) is 65.5 Å². The first-order chi connectivity index (χ1) is 13.1. The minimum Gasteiger partial charge on any atom is -0.301 e. The van der Waals surface area contributed by atoms with Gasteiger partial charge >= 0.3 is 0 Å². The summed E-state index contributed by atoms with van der Waals surface area (Å²) in [5, 5.41) is 8.38. The van der Waals surface area contributed by atoms with Crippen LogP contribution in [0, 0.1) is 12.7 Å². The number of aryl methyl sites for hydroxylation is 1. The number of aromatic nitrogens is 3. The summed E-state index contributed by atoms with van der Waals surface area (Å²) in [6, 6.07) is 17.7. The number of rotatable bonds is 5. The maximum atomic E-state index is 13.3. The molecule has 4 rings (SSSR count). The van der Waals surface area contributed by atoms with E-state index >= 15 is 0 Å². The van der Waals surface area contributed by atoms with Gasteiger partial charge in [-0.1, -0.05) is 53.8 Å². The maximum absolute atomic E-state index is 13.3. The van der Waals surface area contributed by atoms with Crippen LogP contribution < -0.4 is 10.9 Å². The van der Waals surface area contributed by atoms with E-state index in [2.05, 4.69) is 15.4 Å². The molecule has 0 amide bonds. The van der Waals surface area contributed by atoms with Crippen molar-refractivity contribution in [1.82, 2.24) is 19.9 Å². The van der Waals surface area contributed by atoms with Crippen molar-refractivity contribution in [2.75, 3.05) is 0 Å². The van der Waals surface area contributed by atoms with Crippen molar-refractivity contribution >= 4 is 16.3 Å². The van der Waals surface area contributed by atoms with Crippen LogP contribution >= 0.6 is 11.3 Å². The number of hydrogen-bond donors (Lipinski definition) is 1. The van der Waals surface area contributed by atoms with Gasteiger partial charge in [0.25, 0.3) is 5.56 Å². The molecule has 0 saturated carbocycles. The minimum absolute atomic E-state index is 0.143. The average Bonchev–Trinajstić information content (AvgIpc) is 3.05. The first kappa shape index (κ1) is 17.5. The Morgan fingerprint density at radius 2 is 1.81 bits per heavy atom. The van der Waals surface area contributed by atoms with E-state index in [1.54, 1.807) is 12.1 Å². The highest BCUT2D eigenvalue weighted by Gasteiger charge is 2.15. The van der Waals surface area contributed by atoms with E-state index in [1.807, 2.05) is 37.3 Å². The average molecular weight is 380 g/mol. The Bertz CT molecular complexity index is 1120. The molecule has 2 aromatic heterocycles. The van der Waals surface area contributed by atoms with Crippen molar-refractivity contribution < 1.29 is 4.39 Å². The molecule has 0 bridgehead atoms. The van der Waals surface area contributed by atoms with Crippen molar-refractivity contribution in [1.29, 1.82) is 0 Å². The second-order valence-corrected chi connectivity index (χ2v) is 7.34. The van der Waals surface area contributed by atoms with E-state index in [0.717, 1.165) is 16.1 Å². The lowest BCUT2D eigenvalue weighted by Crippen LogP contribution is -2.24. The number of nitrogens with zero attached hydrogens (tertiary/aromatic N) is 3. The predicted molar refractivity (Wildman–Crippen MR) is 103 cm³/mol. The van der Waals surface area contributed by atoms with Gasteiger partial charge in [0.1, 0.15) is 10.8 Å². The van der Waals surface area contributed by atoms with Crippen molar-refractivity contribution in [3.05, 3.63) is 98.7 Å². The molecular formula is C20H17FN4OS. The fraction of sp³-hybridized carbons (Fsp3) is 0.150. The molecule has 0 saturated heterocycles.